The minimum Gasteiger partial charge on any atom is -0.495 e. The van der Waals surface area contributed by atoms with E-state index in [1.807, 2.05) is 24.4 Å². The summed E-state index contributed by atoms with van der Waals surface area (Å²) in [5.41, 5.74) is 4.21. The first-order valence-corrected chi connectivity index (χ1v) is 6.59. The maximum absolute atomic E-state index is 9.47. The summed E-state index contributed by atoms with van der Waals surface area (Å²) in [4.78, 5) is 0. The number of aliphatic hydroxyl groups is 1. The van der Waals surface area contributed by atoms with Crippen molar-refractivity contribution >= 4 is 10.9 Å². The van der Waals surface area contributed by atoms with Crippen LogP contribution < -0.4 is 4.74 Å². The number of benzene rings is 2. The minimum atomic E-state index is 0.0262. The molecule has 0 radical (unpaired) electrons. The fourth-order valence-corrected chi connectivity index (χ4v) is 2.51. The van der Waals surface area contributed by atoms with E-state index in [2.05, 4.69) is 35.8 Å². The zero-order chi connectivity index (χ0) is 14.1. The Kier molecular flexibility index (Phi) is 3.20. The smallest absolute Gasteiger partial charge is 0.143 e. The minimum absolute atomic E-state index is 0.0262. The van der Waals surface area contributed by atoms with E-state index in [0.717, 1.165) is 27.9 Å². The van der Waals surface area contributed by atoms with Crippen LogP contribution in [-0.4, -0.2) is 16.8 Å². The molecule has 1 aromatic heterocycles. The summed E-state index contributed by atoms with van der Waals surface area (Å²) in [6.45, 7) is 2.10. The molecule has 0 unspecified atom stereocenters. The van der Waals surface area contributed by atoms with Crippen molar-refractivity contribution in [1.82, 2.24) is 4.57 Å². The van der Waals surface area contributed by atoms with Crippen LogP contribution in [0.1, 0.15) is 11.1 Å². The van der Waals surface area contributed by atoms with Crippen molar-refractivity contribution in [2.75, 3.05) is 7.11 Å². The van der Waals surface area contributed by atoms with E-state index in [9.17, 15) is 5.11 Å². The molecule has 3 nitrogen and oxygen atoms in total. The lowest BCUT2D eigenvalue weighted by molar-refractivity contribution is 0.283. The molecular formula is C17H17NO2. The van der Waals surface area contributed by atoms with E-state index < -0.39 is 0 Å². The normalized spacial score (nSPS) is 10.9. The molecule has 0 spiro atoms. The van der Waals surface area contributed by atoms with Gasteiger partial charge in [0.2, 0.25) is 0 Å². The van der Waals surface area contributed by atoms with E-state index in [0.29, 0.717) is 0 Å². The number of ether oxygens (including phenoxy) is 1. The summed E-state index contributed by atoms with van der Waals surface area (Å²) >= 11 is 0. The molecule has 3 aromatic rings. The largest absolute Gasteiger partial charge is 0.495 e. The third-order valence-electron chi connectivity index (χ3n) is 3.60. The van der Waals surface area contributed by atoms with Crippen LogP contribution in [-0.2, 0) is 6.61 Å². The molecule has 0 aliphatic rings. The third-order valence-corrected chi connectivity index (χ3v) is 3.60. The first-order chi connectivity index (χ1) is 9.74. The van der Waals surface area contributed by atoms with Gasteiger partial charge in [0.25, 0.3) is 0 Å². The van der Waals surface area contributed by atoms with Gasteiger partial charge in [-0.25, -0.2) is 0 Å². The molecule has 0 fully saturated rings. The monoisotopic (exact) mass is 267 g/mol. The van der Waals surface area contributed by atoms with Crippen molar-refractivity contribution in [2.24, 2.45) is 0 Å². The molecule has 0 bridgehead atoms. The summed E-state index contributed by atoms with van der Waals surface area (Å²) in [5, 5.41) is 10.5. The number of aliphatic hydroxyl groups excluding tert-OH is 1. The standard InChI is InChI=1S/C17H17NO2/c1-12-3-6-14(7-4-12)18-10-9-15-13(11-19)5-8-16(20-2)17(15)18/h3-10,19H,11H2,1-2H3. The van der Waals surface area contributed by atoms with E-state index in [-0.39, 0.29) is 6.61 Å². The lowest BCUT2D eigenvalue weighted by atomic mass is 10.1. The van der Waals surface area contributed by atoms with E-state index in [1.54, 1.807) is 7.11 Å². The fourth-order valence-electron chi connectivity index (χ4n) is 2.51. The Hall–Kier alpha value is -2.26. The molecule has 1 N–H and O–H groups in total. The lowest BCUT2D eigenvalue weighted by Gasteiger charge is -2.11. The van der Waals surface area contributed by atoms with E-state index >= 15 is 0 Å². The number of nitrogens with zero attached hydrogens (tertiary/aromatic N) is 1. The van der Waals surface area contributed by atoms with Crippen molar-refractivity contribution in [1.29, 1.82) is 0 Å². The highest BCUT2D eigenvalue weighted by Gasteiger charge is 2.12. The van der Waals surface area contributed by atoms with Gasteiger partial charge < -0.3 is 14.4 Å². The zero-order valence-electron chi connectivity index (χ0n) is 11.6. The molecule has 0 aliphatic carbocycles. The highest BCUT2D eigenvalue weighted by molar-refractivity contribution is 5.90. The highest BCUT2D eigenvalue weighted by Crippen LogP contribution is 2.31. The molecule has 0 saturated heterocycles. The van der Waals surface area contributed by atoms with Crippen molar-refractivity contribution < 1.29 is 9.84 Å². The second kappa shape index (κ2) is 5.02. The number of hydrogen-bond donors (Lipinski definition) is 1. The first-order valence-electron chi connectivity index (χ1n) is 6.59. The van der Waals surface area contributed by atoms with Gasteiger partial charge in [-0.2, -0.15) is 0 Å². The Morgan fingerprint density at radius 2 is 1.80 bits per heavy atom. The molecule has 0 aliphatic heterocycles. The van der Waals surface area contributed by atoms with Crippen LogP contribution in [0.5, 0.6) is 5.75 Å². The van der Waals surface area contributed by atoms with Crippen LogP contribution >= 0.6 is 0 Å². The van der Waals surface area contributed by atoms with Gasteiger partial charge in [-0.1, -0.05) is 23.8 Å². The van der Waals surface area contributed by atoms with Gasteiger partial charge >= 0.3 is 0 Å². The lowest BCUT2D eigenvalue weighted by Crippen LogP contribution is -1.96. The maximum atomic E-state index is 9.47. The highest BCUT2D eigenvalue weighted by atomic mass is 16.5. The zero-order valence-corrected chi connectivity index (χ0v) is 11.6. The van der Waals surface area contributed by atoms with Gasteiger partial charge in [0, 0.05) is 17.3 Å². The summed E-state index contributed by atoms with van der Waals surface area (Å²) < 4.78 is 7.56. The predicted octanol–water partition coefficient (Wildman–Crippen LogP) is 3.44. The van der Waals surface area contributed by atoms with E-state index in [1.165, 1.54) is 5.56 Å². The second-order valence-corrected chi connectivity index (χ2v) is 4.87. The number of hydrogen-bond acceptors (Lipinski definition) is 2. The van der Waals surface area contributed by atoms with Gasteiger partial charge in [0.15, 0.2) is 0 Å². The number of fused-ring (bicyclic) bond motifs is 1. The Morgan fingerprint density at radius 3 is 2.45 bits per heavy atom. The molecule has 102 valence electrons. The van der Waals surface area contributed by atoms with Gasteiger partial charge in [0.1, 0.15) is 5.75 Å². The number of aryl methyl sites for hydroxylation is 1. The quantitative estimate of drug-likeness (QED) is 0.788. The number of aromatic nitrogens is 1. The molecule has 0 amide bonds. The molecule has 3 rings (SSSR count). The molecular weight excluding hydrogens is 250 g/mol. The van der Waals surface area contributed by atoms with Crippen molar-refractivity contribution in [3.05, 3.63) is 59.8 Å². The molecule has 3 heteroatoms. The van der Waals surface area contributed by atoms with Crippen LogP contribution in [0.4, 0.5) is 0 Å². The van der Waals surface area contributed by atoms with Gasteiger partial charge in [0.05, 0.1) is 19.2 Å². The van der Waals surface area contributed by atoms with E-state index in [4.69, 9.17) is 4.74 Å². The van der Waals surface area contributed by atoms with Crippen molar-refractivity contribution in [3.8, 4) is 11.4 Å². The molecule has 0 saturated carbocycles. The van der Waals surface area contributed by atoms with Crippen LogP contribution in [0.25, 0.3) is 16.6 Å². The summed E-state index contributed by atoms with van der Waals surface area (Å²) in [6, 6.07) is 14.2. The van der Waals surface area contributed by atoms with Crippen LogP contribution in [0.2, 0.25) is 0 Å². The Bertz CT molecular complexity index is 742. The van der Waals surface area contributed by atoms with Gasteiger partial charge in [-0.3, -0.25) is 0 Å². The van der Waals surface area contributed by atoms with Crippen LogP contribution in [0, 0.1) is 6.92 Å². The van der Waals surface area contributed by atoms with Crippen LogP contribution in [0.15, 0.2) is 48.7 Å². The SMILES string of the molecule is COc1ccc(CO)c2ccn(-c3ccc(C)cc3)c12. The van der Waals surface area contributed by atoms with Gasteiger partial charge in [-0.05, 0) is 36.8 Å². The Balaban J connectivity index is 2.28. The second-order valence-electron chi connectivity index (χ2n) is 4.87. The predicted molar refractivity (Wildman–Crippen MR) is 80.5 cm³/mol. The topological polar surface area (TPSA) is 34.4 Å². The van der Waals surface area contributed by atoms with Crippen molar-refractivity contribution in [3.63, 3.8) is 0 Å². The third kappa shape index (κ3) is 1.96. The van der Waals surface area contributed by atoms with Crippen LogP contribution in [0.3, 0.4) is 0 Å². The Morgan fingerprint density at radius 1 is 1.05 bits per heavy atom. The average molecular weight is 267 g/mol. The number of methoxy groups -OCH3 is 1. The van der Waals surface area contributed by atoms with Crippen molar-refractivity contribution in [2.45, 2.75) is 13.5 Å². The first kappa shape index (κ1) is 12.8. The fraction of sp³-hybridized carbons (Fsp3) is 0.176. The number of rotatable bonds is 3. The summed E-state index contributed by atoms with van der Waals surface area (Å²) in [7, 11) is 1.67. The molecule has 0 atom stereocenters. The average Bonchev–Trinajstić information content (AvgIpc) is 2.92. The summed E-state index contributed by atoms with van der Waals surface area (Å²) in [5.74, 6) is 0.808. The maximum Gasteiger partial charge on any atom is 0.143 e. The molecule has 20 heavy (non-hydrogen) atoms. The summed E-state index contributed by atoms with van der Waals surface area (Å²) in [6.07, 6.45) is 2.01. The van der Waals surface area contributed by atoms with Gasteiger partial charge in [-0.15, -0.1) is 0 Å². The molecule has 2 aromatic carbocycles. The Labute approximate surface area is 118 Å². The molecule has 1 heterocycles.